The number of benzene rings is 1. The predicted octanol–water partition coefficient (Wildman–Crippen LogP) is 2.31. The lowest BCUT2D eigenvalue weighted by Crippen LogP contribution is -2.34. The summed E-state index contributed by atoms with van der Waals surface area (Å²) in [6.45, 7) is 8.55. The van der Waals surface area contributed by atoms with E-state index < -0.39 is 0 Å². The van der Waals surface area contributed by atoms with Gasteiger partial charge in [-0.05, 0) is 44.5 Å². The molecule has 1 amide bonds. The SMILES string of the molecule is CCCOc1ccc(C(=O)N2CCCNCC2)cc1OCC. The molecule has 0 radical (unpaired) electrons. The predicted molar refractivity (Wildman–Crippen MR) is 86.8 cm³/mol. The first-order valence-corrected chi connectivity index (χ1v) is 8.16. The molecular formula is C17H26N2O3. The zero-order chi connectivity index (χ0) is 15.8. The standard InChI is InChI=1S/C17H26N2O3/c1-3-12-22-15-7-6-14(13-16(15)21-4-2)17(20)19-10-5-8-18-9-11-19/h6-7,13,18H,3-5,8-12H2,1-2H3. The number of carbonyl (C=O) groups excluding carboxylic acids is 1. The van der Waals surface area contributed by atoms with E-state index >= 15 is 0 Å². The molecule has 1 aliphatic heterocycles. The van der Waals surface area contributed by atoms with E-state index in [2.05, 4.69) is 12.2 Å². The van der Waals surface area contributed by atoms with E-state index in [0.717, 1.165) is 39.0 Å². The van der Waals surface area contributed by atoms with Gasteiger partial charge in [-0.25, -0.2) is 0 Å². The molecular weight excluding hydrogens is 280 g/mol. The molecule has 2 rings (SSSR count). The van der Waals surface area contributed by atoms with Gasteiger partial charge >= 0.3 is 0 Å². The molecule has 1 aliphatic rings. The van der Waals surface area contributed by atoms with E-state index in [9.17, 15) is 4.79 Å². The monoisotopic (exact) mass is 306 g/mol. The Labute approximate surface area is 132 Å². The van der Waals surface area contributed by atoms with Gasteiger partial charge in [0.2, 0.25) is 0 Å². The first-order chi connectivity index (χ1) is 10.8. The number of hydrogen-bond acceptors (Lipinski definition) is 4. The number of ether oxygens (including phenoxy) is 2. The lowest BCUT2D eigenvalue weighted by molar-refractivity contribution is 0.0766. The summed E-state index contributed by atoms with van der Waals surface area (Å²) in [5, 5.41) is 3.31. The fourth-order valence-electron chi connectivity index (χ4n) is 2.47. The van der Waals surface area contributed by atoms with Crippen LogP contribution in [0.25, 0.3) is 0 Å². The molecule has 0 unspecified atom stereocenters. The largest absolute Gasteiger partial charge is 0.490 e. The molecule has 0 aliphatic carbocycles. The van der Waals surface area contributed by atoms with Crippen LogP contribution >= 0.6 is 0 Å². The molecule has 5 nitrogen and oxygen atoms in total. The quantitative estimate of drug-likeness (QED) is 0.876. The molecule has 1 saturated heterocycles. The Morgan fingerprint density at radius 1 is 1.18 bits per heavy atom. The van der Waals surface area contributed by atoms with Gasteiger partial charge in [0.05, 0.1) is 13.2 Å². The fourth-order valence-corrected chi connectivity index (χ4v) is 2.47. The molecule has 0 spiro atoms. The van der Waals surface area contributed by atoms with Crippen LogP contribution in [-0.2, 0) is 0 Å². The molecule has 1 heterocycles. The Kier molecular flexibility index (Phi) is 6.52. The van der Waals surface area contributed by atoms with Crippen molar-refractivity contribution in [2.24, 2.45) is 0 Å². The summed E-state index contributed by atoms with van der Waals surface area (Å²) >= 11 is 0. The zero-order valence-corrected chi connectivity index (χ0v) is 13.6. The molecule has 0 atom stereocenters. The van der Waals surface area contributed by atoms with Crippen LogP contribution in [0.5, 0.6) is 11.5 Å². The maximum absolute atomic E-state index is 12.6. The molecule has 122 valence electrons. The number of nitrogens with zero attached hydrogens (tertiary/aromatic N) is 1. The van der Waals surface area contributed by atoms with E-state index in [-0.39, 0.29) is 5.91 Å². The smallest absolute Gasteiger partial charge is 0.254 e. The Morgan fingerprint density at radius 3 is 2.82 bits per heavy atom. The van der Waals surface area contributed by atoms with Gasteiger partial charge in [-0.1, -0.05) is 6.92 Å². The lowest BCUT2D eigenvalue weighted by Gasteiger charge is -2.21. The molecule has 1 fully saturated rings. The van der Waals surface area contributed by atoms with E-state index in [4.69, 9.17) is 9.47 Å². The number of carbonyl (C=O) groups is 1. The zero-order valence-electron chi connectivity index (χ0n) is 13.6. The van der Waals surface area contributed by atoms with Crippen LogP contribution in [-0.4, -0.2) is 50.2 Å². The first kappa shape index (κ1) is 16.6. The summed E-state index contributed by atoms with van der Waals surface area (Å²) in [6, 6.07) is 5.47. The number of hydrogen-bond donors (Lipinski definition) is 1. The minimum Gasteiger partial charge on any atom is -0.490 e. The van der Waals surface area contributed by atoms with Crippen molar-refractivity contribution in [3.05, 3.63) is 23.8 Å². The van der Waals surface area contributed by atoms with Gasteiger partial charge in [0.25, 0.3) is 5.91 Å². The van der Waals surface area contributed by atoms with Crippen molar-refractivity contribution >= 4 is 5.91 Å². The average Bonchev–Trinajstić information content (AvgIpc) is 2.82. The second-order valence-corrected chi connectivity index (χ2v) is 5.34. The second-order valence-electron chi connectivity index (χ2n) is 5.34. The van der Waals surface area contributed by atoms with Crippen molar-refractivity contribution in [2.75, 3.05) is 39.4 Å². The van der Waals surface area contributed by atoms with Crippen molar-refractivity contribution in [1.82, 2.24) is 10.2 Å². The number of amides is 1. The van der Waals surface area contributed by atoms with Gasteiger partial charge in [-0.3, -0.25) is 4.79 Å². The highest BCUT2D eigenvalue weighted by Gasteiger charge is 2.19. The number of nitrogens with one attached hydrogen (secondary N) is 1. The van der Waals surface area contributed by atoms with Crippen LogP contribution in [0.3, 0.4) is 0 Å². The highest BCUT2D eigenvalue weighted by Crippen LogP contribution is 2.29. The number of rotatable bonds is 6. The Balaban J connectivity index is 2.15. The van der Waals surface area contributed by atoms with Gasteiger partial charge in [-0.15, -0.1) is 0 Å². The summed E-state index contributed by atoms with van der Waals surface area (Å²) in [5.74, 6) is 1.42. The highest BCUT2D eigenvalue weighted by molar-refractivity contribution is 5.95. The Bertz CT molecular complexity index is 483. The van der Waals surface area contributed by atoms with Crippen molar-refractivity contribution < 1.29 is 14.3 Å². The summed E-state index contributed by atoms with van der Waals surface area (Å²) < 4.78 is 11.3. The summed E-state index contributed by atoms with van der Waals surface area (Å²) in [5.41, 5.74) is 0.661. The Hall–Kier alpha value is -1.75. The fraction of sp³-hybridized carbons (Fsp3) is 0.588. The highest BCUT2D eigenvalue weighted by atomic mass is 16.5. The molecule has 0 aromatic heterocycles. The van der Waals surface area contributed by atoms with E-state index in [1.807, 2.05) is 24.0 Å². The van der Waals surface area contributed by atoms with Crippen molar-refractivity contribution in [1.29, 1.82) is 0 Å². The van der Waals surface area contributed by atoms with Gasteiger partial charge in [0, 0.05) is 25.2 Å². The van der Waals surface area contributed by atoms with Gasteiger partial charge in [0.15, 0.2) is 11.5 Å². The third-order valence-electron chi connectivity index (χ3n) is 3.58. The molecule has 5 heteroatoms. The topological polar surface area (TPSA) is 50.8 Å². The third kappa shape index (κ3) is 4.37. The van der Waals surface area contributed by atoms with E-state index in [0.29, 0.717) is 30.3 Å². The van der Waals surface area contributed by atoms with E-state index in [1.165, 1.54) is 0 Å². The summed E-state index contributed by atoms with van der Waals surface area (Å²) in [4.78, 5) is 14.5. The molecule has 1 aromatic carbocycles. The average molecular weight is 306 g/mol. The van der Waals surface area contributed by atoms with Crippen molar-refractivity contribution in [3.63, 3.8) is 0 Å². The van der Waals surface area contributed by atoms with Crippen LogP contribution in [0.15, 0.2) is 18.2 Å². The molecule has 0 saturated carbocycles. The van der Waals surface area contributed by atoms with Gasteiger partial charge < -0.3 is 19.7 Å². The maximum atomic E-state index is 12.6. The van der Waals surface area contributed by atoms with Gasteiger partial charge in [0.1, 0.15) is 0 Å². The van der Waals surface area contributed by atoms with Crippen LogP contribution in [0.2, 0.25) is 0 Å². The van der Waals surface area contributed by atoms with Crippen LogP contribution in [0, 0.1) is 0 Å². The lowest BCUT2D eigenvalue weighted by atomic mass is 10.1. The molecule has 1 N–H and O–H groups in total. The summed E-state index contributed by atoms with van der Waals surface area (Å²) in [6.07, 6.45) is 1.93. The third-order valence-corrected chi connectivity index (χ3v) is 3.58. The minimum atomic E-state index is 0.0618. The van der Waals surface area contributed by atoms with Crippen LogP contribution < -0.4 is 14.8 Å². The van der Waals surface area contributed by atoms with Crippen LogP contribution in [0.4, 0.5) is 0 Å². The van der Waals surface area contributed by atoms with E-state index in [1.54, 1.807) is 6.07 Å². The second kappa shape index (κ2) is 8.63. The normalized spacial score (nSPS) is 15.3. The summed E-state index contributed by atoms with van der Waals surface area (Å²) in [7, 11) is 0. The Morgan fingerprint density at radius 2 is 2.05 bits per heavy atom. The van der Waals surface area contributed by atoms with Crippen molar-refractivity contribution in [2.45, 2.75) is 26.7 Å². The molecule has 0 bridgehead atoms. The first-order valence-electron chi connectivity index (χ1n) is 8.16. The van der Waals surface area contributed by atoms with Crippen LogP contribution in [0.1, 0.15) is 37.0 Å². The molecule has 22 heavy (non-hydrogen) atoms. The van der Waals surface area contributed by atoms with Crippen molar-refractivity contribution in [3.8, 4) is 11.5 Å². The van der Waals surface area contributed by atoms with Gasteiger partial charge in [-0.2, -0.15) is 0 Å². The molecule has 1 aromatic rings. The minimum absolute atomic E-state index is 0.0618. The maximum Gasteiger partial charge on any atom is 0.254 e.